The number of carbonyl (C=O) groups excluding carboxylic acids is 2. The number of rotatable bonds is 17. The summed E-state index contributed by atoms with van der Waals surface area (Å²) >= 11 is 0. The number of hydrogen-bond donors (Lipinski definition) is 6. The van der Waals surface area contributed by atoms with Gasteiger partial charge in [0, 0.05) is 13.3 Å². The van der Waals surface area contributed by atoms with E-state index in [2.05, 4.69) is 6.92 Å². The quantitative estimate of drug-likeness (QED) is 0.0828. The number of carbonyl (C=O) groups is 2. The first kappa shape index (κ1) is 32.9. The molecule has 0 aromatic heterocycles. The highest BCUT2D eigenvalue weighted by Crippen LogP contribution is 2.47. The van der Waals surface area contributed by atoms with Crippen LogP contribution in [0.5, 0.6) is 0 Å². The van der Waals surface area contributed by atoms with Crippen LogP contribution in [0.25, 0.3) is 0 Å². The monoisotopic (exact) mass is 544 g/mol. The molecule has 0 aliphatic heterocycles. The second-order valence-corrected chi connectivity index (χ2v) is 10.3. The van der Waals surface area contributed by atoms with E-state index in [-0.39, 0.29) is 6.42 Å². The Morgan fingerprint density at radius 1 is 0.806 bits per heavy atom. The van der Waals surface area contributed by atoms with Crippen molar-refractivity contribution < 1.29 is 63.1 Å². The fourth-order valence-electron chi connectivity index (χ4n) is 3.66. The van der Waals surface area contributed by atoms with E-state index in [4.69, 9.17) is 18.5 Å². The van der Waals surface area contributed by atoms with Gasteiger partial charge in [0.25, 0.3) is 0 Å². The normalized spacial score (nSPS) is 28.8. The van der Waals surface area contributed by atoms with Crippen LogP contribution < -0.4 is 0 Å². The summed E-state index contributed by atoms with van der Waals surface area (Å²) in [7, 11) is -5.05. The maximum atomic E-state index is 12.3. The van der Waals surface area contributed by atoms with Crippen LogP contribution >= 0.6 is 7.82 Å². The van der Waals surface area contributed by atoms with E-state index in [1.807, 2.05) is 0 Å². The van der Waals surface area contributed by atoms with Gasteiger partial charge in [0.05, 0.1) is 6.61 Å². The molecule has 0 amide bonds. The first-order valence-electron chi connectivity index (χ1n) is 12.3. The molecule has 6 N–H and O–H groups in total. The molecular formula is C22H41O13P. The molecule has 1 aliphatic carbocycles. The van der Waals surface area contributed by atoms with Gasteiger partial charge in [-0.25, -0.2) is 4.57 Å². The van der Waals surface area contributed by atoms with Crippen molar-refractivity contribution in [3.63, 3.8) is 0 Å². The number of phosphoric ester groups is 1. The summed E-state index contributed by atoms with van der Waals surface area (Å²) in [6, 6.07) is 0. The van der Waals surface area contributed by atoms with E-state index in [1.54, 1.807) is 0 Å². The van der Waals surface area contributed by atoms with Crippen molar-refractivity contribution >= 4 is 19.8 Å². The molecule has 0 heterocycles. The van der Waals surface area contributed by atoms with Gasteiger partial charge >= 0.3 is 19.8 Å². The Kier molecular flexibility index (Phi) is 15.2. The Bertz CT molecular complexity index is 689. The van der Waals surface area contributed by atoms with Crippen LogP contribution in [0.4, 0.5) is 0 Å². The number of hydrogen-bond acceptors (Lipinski definition) is 12. The smallest absolute Gasteiger partial charge is 0.462 e. The van der Waals surface area contributed by atoms with Gasteiger partial charge in [-0.3, -0.25) is 18.6 Å². The summed E-state index contributed by atoms with van der Waals surface area (Å²) in [5, 5.41) is 48.9. The van der Waals surface area contributed by atoms with Crippen LogP contribution in [0, 0.1) is 0 Å². The van der Waals surface area contributed by atoms with E-state index in [0.717, 1.165) is 32.6 Å². The highest BCUT2D eigenvalue weighted by molar-refractivity contribution is 7.47. The molecule has 0 aromatic carbocycles. The van der Waals surface area contributed by atoms with Gasteiger partial charge < -0.3 is 39.9 Å². The topological polar surface area (TPSA) is 210 Å². The Hall–Kier alpha value is -1.15. The molecule has 6 unspecified atom stereocenters. The zero-order valence-electron chi connectivity index (χ0n) is 20.8. The van der Waals surface area contributed by atoms with Crippen LogP contribution in [0.1, 0.15) is 71.6 Å². The SMILES string of the molecule is CCCCCCCCCCC(=O)OC(COC(C)=O)COP(=O)(O)OC1C(O)C(O)C(O)C(O)C1O. The Morgan fingerprint density at radius 3 is 1.83 bits per heavy atom. The van der Waals surface area contributed by atoms with Crippen molar-refractivity contribution in [2.45, 2.75) is 114 Å². The average molecular weight is 545 g/mol. The van der Waals surface area contributed by atoms with Gasteiger partial charge in [-0.2, -0.15) is 0 Å². The van der Waals surface area contributed by atoms with Gasteiger partial charge in [0.1, 0.15) is 43.2 Å². The number of ether oxygens (including phenoxy) is 2. The minimum absolute atomic E-state index is 0.0946. The van der Waals surface area contributed by atoms with E-state index in [9.17, 15) is 44.6 Å². The standard InChI is InChI=1S/C22H41O13P/c1-3-4-5-6-7-8-9-10-11-16(24)34-15(12-32-14(2)23)13-33-36(30,31)35-22-20(28)18(26)17(25)19(27)21(22)29/h15,17-22,25-29H,3-13H2,1-2H3,(H,30,31). The highest BCUT2D eigenvalue weighted by Gasteiger charge is 2.51. The molecule has 1 aliphatic rings. The van der Waals surface area contributed by atoms with Crippen LogP contribution in [0.2, 0.25) is 0 Å². The molecule has 0 aromatic rings. The fourth-order valence-corrected chi connectivity index (χ4v) is 4.63. The van der Waals surface area contributed by atoms with E-state index >= 15 is 0 Å². The molecule has 0 saturated heterocycles. The lowest BCUT2D eigenvalue weighted by molar-refractivity contribution is -0.220. The van der Waals surface area contributed by atoms with Crippen molar-refractivity contribution in [2.75, 3.05) is 13.2 Å². The van der Waals surface area contributed by atoms with Crippen molar-refractivity contribution in [1.82, 2.24) is 0 Å². The van der Waals surface area contributed by atoms with Crippen LogP contribution in [-0.2, 0) is 32.7 Å². The maximum absolute atomic E-state index is 12.3. The summed E-state index contributed by atoms with van der Waals surface area (Å²) in [4.78, 5) is 33.3. The second-order valence-electron chi connectivity index (χ2n) is 8.93. The maximum Gasteiger partial charge on any atom is 0.472 e. The van der Waals surface area contributed by atoms with Gasteiger partial charge in [0.2, 0.25) is 0 Å². The summed E-state index contributed by atoms with van der Waals surface area (Å²) in [5.74, 6) is -1.30. The highest BCUT2D eigenvalue weighted by atomic mass is 31.2. The van der Waals surface area contributed by atoms with Crippen molar-refractivity contribution in [1.29, 1.82) is 0 Å². The summed E-state index contributed by atoms with van der Waals surface area (Å²) < 4.78 is 31.8. The number of aliphatic hydroxyl groups excluding tert-OH is 5. The predicted octanol–water partition coefficient (Wildman–Crippen LogP) is 0.312. The van der Waals surface area contributed by atoms with Crippen molar-refractivity contribution in [3.05, 3.63) is 0 Å². The minimum atomic E-state index is -5.05. The van der Waals surface area contributed by atoms with Gasteiger partial charge in [-0.05, 0) is 6.42 Å². The van der Waals surface area contributed by atoms with E-state index in [1.165, 1.54) is 19.3 Å². The first-order chi connectivity index (χ1) is 16.9. The molecule has 13 nitrogen and oxygen atoms in total. The Labute approximate surface area is 210 Å². The predicted molar refractivity (Wildman–Crippen MR) is 124 cm³/mol. The molecule has 1 saturated carbocycles. The molecular weight excluding hydrogens is 503 g/mol. The van der Waals surface area contributed by atoms with Crippen molar-refractivity contribution in [3.8, 4) is 0 Å². The summed E-state index contributed by atoms with van der Waals surface area (Å²) in [5.41, 5.74) is 0. The third kappa shape index (κ3) is 11.9. The number of unbranched alkanes of at least 4 members (excludes halogenated alkanes) is 7. The lowest BCUT2D eigenvalue weighted by Gasteiger charge is -2.41. The Balaban J connectivity index is 2.56. The third-order valence-electron chi connectivity index (χ3n) is 5.76. The average Bonchev–Trinajstić information content (AvgIpc) is 2.82. The van der Waals surface area contributed by atoms with Gasteiger partial charge in [-0.15, -0.1) is 0 Å². The van der Waals surface area contributed by atoms with E-state index < -0.39 is 75.7 Å². The molecule has 0 radical (unpaired) electrons. The third-order valence-corrected chi connectivity index (χ3v) is 6.74. The van der Waals surface area contributed by atoms with Crippen LogP contribution in [0.3, 0.4) is 0 Å². The lowest BCUT2D eigenvalue weighted by Crippen LogP contribution is -2.64. The zero-order chi connectivity index (χ0) is 27.3. The Morgan fingerprint density at radius 2 is 1.31 bits per heavy atom. The van der Waals surface area contributed by atoms with Crippen LogP contribution in [0.15, 0.2) is 0 Å². The minimum Gasteiger partial charge on any atom is -0.462 e. The molecule has 0 spiro atoms. The molecule has 0 bridgehead atoms. The molecule has 212 valence electrons. The van der Waals surface area contributed by atoms with Crippen molar-refractivity contribution in [2.24, 2.45) is 0 Å². The molecule has 1 rings (SSSR count). The summed E-state index contributed by atoms with van der Waals surface area (Å²) in [6.07, 6.45) is -4.83. The number of aliphatic hydroxyl groups is 5. The number of esters is 2. The second kappa shape index (κ2) is 16.6. The largest absolute Gasteiger partial charge is 0.472 e. The van der Waals surface area contributed by atoms with Gasteiger partial charge in [-0.1, -0.05) is 51.9 Å². The molecule has 14 heteroatoms. The molecule has 6 atom stereocenters. The number of phosphoric acid groups is 1. The van der Waals surface area contributed by atoms with Crippen LogP contribution in [-0.4, -0.2) is 98.3 Å². The first-order valence-corrected chi connectivity index (χ1v) is 13.8. The fraction of sp³-hybridized carbons (Fsp3) is 0.909. The van der Waals surface area contributed by atoms with Gasteiger partial charge in [0.15, 0.2) is 6.10 Å². The molecule has 36 heavy (non-hydrogen) atoms. The van der Waals surface area contributed by atoms with E-state index in [0.29, 0.717) is 6.42 Å². The molecule has 1 fully saturated rings. The zero-order valence-corrected chi connectivity index (χ0v) is 21.7. The lowest BCUT2D eigenvalue weighted by atomic mass is 9.85. The summed E-state index contributed by atoms with van der Waals surface area (Å²) in [6.45, 7) is 2.07.